The Morgan fingerprint density at radius 2 is 1.65 bits per heavy atom. The van der Waals surface area contributed by atoms with E-state index in [1.807, 2.05) is 18.2 Å². The minimum atomic E-state index is 0.754. The quantitative estimate of drug-likeness (QED) is 0.466. The smallest absolute Gasteiger partial charge is 0.0473 e. The van der Waals surface area contributed by atoms with Crippen LogP contribution in [0.1, 0.15) is 0 Å². The first-order valence-electron chi connectivity index (χ1n) is 6.58. The van der Waals surface area contributed by atoms with Crippen molar-refractivity contribution in [1.29, 1.82) is 0 Å². The molecule has 0 unspecified atom stereocenters. The predicted molar refractivity (Wildman–Crippen MR) is 85.4 cm³/mol. The van der Waals surface area contributed by atoms with E-state index in [4.69, 9.17) is 11.6 Å². The fourth-order valence-electron chi connectivity index (χ4n) is 2.69. The molecule has 0 amide bonds. The molecule has 20 heavy (non-hydrogen) atoms. The molecule has 1 aromatic heterocycles. The molecule has 0 saturated heterocycles. The van der Waals surface area contributed by atoms with Gasteiger partial charge in [0.05, 0.1) is 0 Å². The van der Waals surface area contributed by atoms with Crippen molar-refractivity contribution in [1.82, 2.24) is 4.98 Å². The molecule has 2 aliphatic carbocycles. The van der Waals surface area contributed by atoms with Crippen LogP contribution in [0.15, 0.2) is 66.7 Å². The van der Waals surface area contributed by atoms with Gasteiger partial charge in [0.15, 0.2) is 0 Å². The topological polar surface area (TPSA) is 15.8 Å². The van der Waals surface area contributed by atoms with Crippen LogP contribution in [0.2, 0.25) is 5.02 Å². The number of H-pyrrole nitrogens is 1. The van der Waals surface area contributed by atoms with Gasteiger partial charge in [-0.05, 0) is 29.3 Å². The second-order valence-electron chi connectivity index (χ2n) is 4.94. The first-order chi connectivity index (χ1) is 9.81. The summed E-state index contributed by atoms with van der Waals surface area (Å²) in [6, 6.07) is 22.9. The molecule has 0 radical (unpaired) electrons. The van der Waals surface area contributed by atoms with Crippen LogP contribution < -0.4 is 0 Å². The Kier molecular flexibility index (Phi) is 2.54. The van der Waals surface area contributed by atoms with Gasteiger partial charge in [-0.25, -0.2) is 0 Å². The van der Waals surface area contributed by atoms with Crippen molar-refractivity contribution in [2.24, 2.45) is 0 Å². The van der Waals surface area contributed by atoms with Crippen molar-refractivity contribution < 1.29 is 0 Å². The summed E-state index contributed by atoms with van der Waals surface area (Å²) in [6.45, 7) is 0. The van der Waals surface area contributed by atoms with Gasteiger partial charge in [0.2, 0.25) is 0 Å². The third kappa shape index (κ3) is 1.79. The molecule has 1 N–H and O–H groups in total. The first-order valence-corrected chi connectivity index (χ1v) is 6.95. The predicted octanol–water partition coefficient (Wildman–Crippen LogP) is 5.59. The lowest BCUT2D eigenvalue weighted by Gasteiger charge is -1.98. The highest BCUT2D eigenvalue weighted by Gasteiger charge is 2.11. The van der Waals surface area contributed by atoms with E-state index in [9.17, 15) is 0 Å². The van der Waals surface area contributed by atoms with Crippen LogP contribution in [0.4, 0.5) is 0 Å². The van der Waals surface area contributed by atoms with Gasteiger partial charge in [-0.15, -0.1) is 0 Å². The average molecular weight is 278 g/mol. The highest BCUT2D eigenvalue weighted by molar-refractivity contribution is 6.31. The molecule has 0 atom stereocenters. The van der Waals surface area contributed by atoms with E-state index in [0.717, 1.165) is 16.2 Å². The van der Waals surface area contributed by atoms with Crippen molar-refractivity contribution >= 4 is 22.5 Å². The number of hydrogen-bond donors (Lipinski definition) is 1. The Bertz CT molecular complexity index is 876. The number of hydrogen-bond acceptors (Lipinski definition) is 0. The summed E-state index contributed by atoms with van der Waals surface area (Å²) in [5.41, 5.74) is 5.93. The molecule has 2 aromatic rings. The van der Waals surface area contributed by atoms with E-state index in [1.54, 1.807) is 0 Å². The monoisotopic (exact) mass is 277 g/mol. The van der Waals surface area contributed by atoms with Gasteiger partial charge in [0.25, 0.3) is 0 Å². The maximum absolute atomic E-state index is 6.05. The molecule has 2 heteroatoms. The highest BCUT2D eigenvalue weighted by Crippen LogP contribution is 2.36. The molecule has 0 bridgehead atoms. The zero-order chi connectivity index (χ0) is 13.5. The number of halogens is 1. The maximum atomic E-state index is 6.05. The second-order valence-corrected chi connectivity index (χ2v) is 5.38. The van der Waals surface area contributed by atoms with E-state index in [1.165, 1.54) is 22.1 Å². The molecule has 0 saturated carbocycles. The van der Waals surface area contributed by atoms with Crippen LogP contribution in [-0.2, 0) is 0 Å². The maximum Gasteiger partial charge on any atom is 0.0473 e. The van der Waals surface area contributed by atoms with E-state index < -0.39 is 0 Å². The van der Waals surface area contributed by atoms with Crippen LogP contribution in [0.25, 0.3) is 33.3 Å². The van der Waals surface area contributed by atoms with Crippen LogP contribution in [0.5, 0.6) is 0 Å². The van der Waals surface area contributed by atoms with Gasteiger partial charge in [0.1, 0.15) is 0 Å². The lowest BCUT2D eigenvalue weighted by molar-refractivity contribution is 1.47. The molecule has 0 fully saturated rings. The van der Waals surface area contributed by atoms with E-state index in [-0.39, 0.29) is 0 Å². The van der Waals surface area contributed by atoms with Crippen LogP contribution in [0, 0.1) is 0 Å². The Morgan fingerprint density at radius 1 is 0.750 bits per heavy atom. The molecule has 0 spiro atoms. The van der Waals surface area contributed by atoms with Gasteiger partial charge in [-0.2, -0.15) is 0 Å². The van der Waals surface area contributed by atoms with Crippen molar-refractivity contribution in [3.05, 3.63) is 71.8 Å². The summed E-state index contributed by atoms with van der Waals surface area (Å²) in [6.07, 6.45) is 0. The first kappa shape index (κ1) is 11.6. The summed E-state index contributed by atoms with van der Waals surface area (Å²) in [5.74, 6) is 0. The summed E-state index contributed by atoms with van der Waals surface area (Å²) < 4.78 is 0. The second kappa shape index (κ2) is 4.39. The minimum absolute atomic E-state index is 0.754. The molecular weight excluding hydrogens is 266 g/mol. The molecule has 0 aliphatic heterocycles. The third-order valence-electron chi connectivity index (χ3n) is 3.67. The Hall–Kier alpha value is -2.25. The van der Waals surface area contributed by atoms with Crippen molar-refractivity contribution in [2.75, 3.05) is 0 Å². The normalized spacial score (nSPS) is 11.2. The molecule has 96 valence electrons. The van der Waals surface area contributed by atoms with Crippen LogP contribution in [-0.4, -0.2) is 4.98 Å². The van der Waals surface area contributed by atoms with Gasteiger partial charge >= 0.3 is 0 Å². The molecule has 1 aromatic carbocycles. The van der Waals surface area contributed by atoms with E-state index in [0.29, 0.717) is 0 Å². The third-order valence-corrected chi connectivity index (χ3v) is 3.90. The highest BCUT2D eigenvalue weighted by atomic mass is 35.5. The fourth-order valence-corrected chi connectivity index (χ4v) is 2.87. The minimum Gasteiger partial charge on any atom is -0.354 e. The largest absolute Gasteiger partial charge is 0.354 e. The summed E-state index contributed by atoms with van der Waals surface area (Å²) >= 11 is 6.05. The standard InChI is InChI=1S/C18H12ClN/c19-14-8-6-13-10-18(20-17(13)11-14)16-9-7-12-4-2-1-3-5-15(12)16/h1-11,20H. The lowest BCUT2D eigenvalue weighted by Crippen LogP contribution is -1.75. The Labute approximate surface area is 122 Å². The number of aromatic nitrogens is 1. The van der Waals surface area contributed by atoms with Crippen molar-refractivity contribution in [3.63, 3.8) is 0 Å². The van der Waals surface area contributed by atoms with Crippen molar-refractivity contribution in [3.8, 4) is 22.4 Å². The lowest BCUT2D eigenvalue weighted by atomic mass is 10.1. The summed E-state index contributed by atoms with van der Waals surface area (Å²) in [7, 11) is 0. The summed E-state index contributed by atoms with van der Waals surface area (Å²) in [4.78, 5) is 3.46. The van der Waals surface area contributed by atoms with Gasteiger partial charge in [-0.1, -0.05) is 60.1 Å². The number of aromatic amines is 1. The van der Waals surface area contributed by atoms with Gasteiger partial charge in [0, 0.05) is 27.2 Å². The molecule has 1 nitrogen and oxygen atoms in total. The van der Waals surface area contributed by atoms with E-state index in [2.05, 4.69) is 53.5 Å². The fraction of sp³-hybridized carbons (Fsp3) is 0. The van der Waals surface area contributed by atoms with Gasteiger partial charge in [-0.3, -0.25) is 0 Å². The van der Waals surface area contributed by atoms with Crippen LogP contribution in [0.3, 0.4) is 0 Å². The zero-order valence-electron chi connectivity index (χ0n) is 10.7. The molecule has 1 heterocycles. The Morgan fingerprint density at radius 3 is 2.60 bits per heavy atom. The zero-order valence-corrected chi connectivity index (χ0v) is 11.5. The number of nitrogens with one attached hydrogen (secondary N) is 1. The van der Waals surface area contributed by atoms with Gasteiger partial charge < -0.3 is 4.98 Å². The molecular formula is C18H12ClN. The summed E-state index contributed by atoms with van der Waals surface area (Å²) in [5, 5.41) is 1.93. The van der Waals surface area contributed by atoms with Crippen molar-refractivity contribution in [2.45, 2.75) is 0 Å². The molecule has 2 aliphatic rings. The van der Waals surface area contributed by atoms with Crippen LogP contribution >= 0.6 is 11.6 Å². The number of benzene rings is 1. The molecule has 4 rings (SSSR count). The van der Waals surface area contributed by atoms with E-state index >= 15 is 0 Å². The average Bonchev–Trinajstić information content (AvgIpc) is 2.95. The number of fused-ring (bicyclic) bond motifs is 2. The number of rotatable bonds is 1. The Balaban J connectivity index is 1.94. The SMILES string of the molecule is Clc1ccc2cc(-c3ccc4cccccc3-4)[nH]c2c1.